The monoisotopic (exact) mass is 490 g/mol. The lowest BCUT2D eigenvalue weighted by Crippen LogP contribution is -2.42. The molecule has 6 bridgehead atoms. The van der Waals surface area contributed by atoms with Gasteiger partial charge in [-0.2, -0.15) is 0 Å². The summed E-state index contributed by atoms with van der Waals surface area (Å²) in [4.78, 5) is 32.0. The highest BCUT2D eigenvalue weighted by atomic mass is 16.5. The third-order valence-electron chi connectivity index (χ3n) is 6.65. The van der Waals surface area contributed by atoms with E-state index in [1.54, 1.807) is 13.3 Å². The summed E-state index contributed by atoms with van der Waals surface area (Å²) in [6, 6.07) is 11.4. The van der Waals surface area contributed by atoms with Crippen molar-refractivity contribution in [3.63, 3.8) is 0 Å². The molecule has 2 amide bonds. The summed E-state index contributed by atoms with van der Waals surface area (Å²) in [7, 11) is 1.57. The van der Waals surface area contributed by atoms with E-state index in [2.05, 4.69) is 10.3 Å². The minimum atomic E-state index is -0.326. The lowest BCUT2D eigenvalue weighted by Gasteiger charge is -2.38. The number of carbonyl (C=O) groups excluding carboxylic acids is 2. The number of ether oxygens (including phenoxy) is 3. The zero-order chi connectivity index (χ0) is 25.1. The molecule has 0 saturated heterocycles. The average Bonchev–Trinajstić information content (AvgIpc) is 3.29. The van der Waals surface area contributed by atoms with E-state index in [-0.39, 0.29) is 31.0 Å². The van der Waals surface area contributed by atoms with Gasteiger partial charge in [-0.05, 0) is 60.7 Å². The molecule has 0 saturated carbocycles. The van der Waals surface area contributed by atoms with Crippen LogP contribution >= 0.6 is 0 Å². The Morgan fingerprint density at radius 3 is 2.94 bits per heavy atom. The van der Waals surface area contributed by atoms with Gasteiger partial charge in [0.05, 0.1) is 19.8 Å². The van der Waals surface area contributed by atoms with Gasteiger partial charge in [0.25, 0.3) is 5.91 Å². The Labute approximate surface area is 210 Å². The molecule has 4 heterocycles. The molecule has 3 aliphatic rings. The zero-order valence-corrected chi connectivity index (χ0v) is 20.5. The molecule has 3 aliphatic heterocycles. The molecule has 0 radical (unpaired) electrons. The number of aromatic nitrogens is 2. The Balaban J connectivity index is 1.59. The van der Waals surface area contributed by atoms with Crippen molar-refractivity contribution in [3.05, 3.63) is 71.3 Å². The zero-order valence-electron chi connectivity index (χ0n) is 20.5. The summed E-state index contributed by atoms with van der Waals surface area (Å²) in [5.41, 5.74) is 2.98. The van der Waals surface area contributed by atoms with Crippen LogP contribution in [0.2, 0.25) is 0 Å². The topological polar surface area (TPSA) is 94.9 Å². The Morgan fingerprint density at radius 2 is 2.14 bits per heavy atom. The second-order valence-corrected chi connectivity index (χ2v) is 8.96. The van der Waals surface area contributed by atoms with Gasteiger partial charge in [-0.15, -0.1) is 0 Å². The number of nitrogens with one attached hydrogen (secondary N) is 1. The van der Waals surface area contributed by atoms with E-state index >= 15 is 0 Å². The predicted molar refractivity (Wildman–Crippen MR) is 132 cm³/mol. The Bertz CT molecular complexity index is 1270. The maximum Gasteiger partial charge on any atom is 0.257 e. The number of hydrogen-bond acceptors (Lipinski definition) is 6. The van der Waals surface area contributed by atoms with Crippen LogP contribution < -0.4 is 19.5 Å². The number of amides is 2. The van der Waals surface area contributed by atoms with E-state index < -0.39 is 0 Å². The molecule has 0 fully saturated rings. The van der Waals surface area contributed by atoms with Crippen LogP contribution in [0.4, 0.5) is 0 Å². The van der Waals surface area contributed by atoms with Gasteiger partial charge in [0.2, 0.25) is 5.91 Å². The van der Waals surface area contributed by atoms with Crippen LogP contribution in [0.15, 0.2) is 48.8 Å². The first-order valence-electron chi connectivity index (χ1n) is 12.1. The standard InChI is InChI=1S/C27H30N4O5/c1-18-28-9-11-30(18)16-26(33)31-10-7-19-14-24-23(34-2)15-22(19)27(31)20-5-3-6-21(13-20)35-12-4-8-29-25(32)17-36-24/h3,5-6,9,11,13-15,27H,4,7-8,10,12,16-17H2,1-2H3,(H,29,32). The molecular weight excluding hydrogens is 460 g/mol. The normalized spacial score (nSPS) is 17.7. The van der Waals surface area contributed by atoms with E-state index in [1.807, 2.05) is 59.0 Å². The van der Waals surface area contributed by atoms with Gasteiger partial charge in [0.1, 0.15) is 18.1 Å². The van der Waals surface area contributed by atoms with Crippen molar-refractivity contribution in [3.8, 4) is 17.2 Å². The summed E-state index contributed by atoms with van der Waals surface area (Å²) in [6.07, 6.45) is 4.84. The minimum absolute atomic E-state index is 0.00319. The number of imidazole rings is 1. The predicted octanol–water partition coefficient (Wildman–Crippen LogP) is 2.65. The maximum atomic E-state index is 13.6. The van der Waals surface area contributed by atoms with E-state index in [0.717, 1.165) is 28.3 Å². The number of rotatable bonds is 3. The number of benzene rings is 2. The van der Waals surface area contributed by atoms with Crippen LogP contribution in [0, 0.1) is 6.92 Å². The van der Waals surface area contributed by atoms with Crippen LogP contribution in [-0.2, 0) is 22.6 Å². The van der Waals surface area contributed by atoms with E-state index in [0.29, 0.717) is 44.0 Å². The first-order valence-corrected chi connectivity index (χ1v) is 12.1. The summed E-state index contributed by atoms with van der Waals surface area (Å²) < 4.78 is 19.3. The molecular formula is C27H30N4O5. The van der Waals surface area contributed by atoms with E-state index in [9.17, 15) is 9.59 Å². The third kappa shape index (κ3) is 4.86. The van der Waals surface area contributed by atoms with Gasteiger partial charge in [-0.1, -0.05) is 12.1 Å². The lowest BCUT2D eigenvalue weighted by atomic mass is 9.87. The van der Waals surface area contributed by atoms with Crippen molar-refractivity contribution < 1.29 is 23.8 Å². The highest BCUT2D eigenvalue weighted by Crippen LogP contribution is 2.42. The van der Waals surface area contributed by atoms with Gasteiger partial charge in [-0.3, -0.25) is 9.59 Å². The maximum absolute atomic E-state index is 13.6. The molecule has 6 rings (SSSR count). The molecule has 1 unspecified atom stereocenters. The quantitative estimate of drug-likeness (QED) is 0.607. The van der Waals surface area contributed by atoms with Gasteiger partial charge in [-0.25, -0.2) is 4.98 Å². The molecule has 2 aromatic carbocycles. The highest BCUT2D eigenvalue weighted by molar-refractivity contribution is 5.78. The Hall–Kier alpha value is -4.01. The van der Waals surface area contributed by atoms with Crippen LogP contribution in [0.3, 0.4) is 0 Å². The lowest BCUT2D eigenvalue weighted by molar-refractivity contribution is -0.134. The van der Waals surface area contributed by atoms with Gasteiger partial charge in [0.15, 0.2) is 18.1 Å². The first kappa shape index (κ1) is 23.7. The fourth-order valence-corrected chi connectivity index (χ4v) is 4.79. The average molecular weight is 491 g/mol. The van der Waals surface area contributed by atoms with Crippen molar-refractivity contribution >= 4 is 11.8 Å². The van der Waals surface area contributed by atoms with Crippen LogP contribution in [0.25, 0.3) is 0 Å². The molecule has 3 aromatic rings. The van der Waals surface area contributed by atoms with Crippen molar-refractivity contribution in [2.75, 3.05) is 33.4 Å². The second-order valence-electron chi connectivity index (χ2n) is 8.96. The third-order valence-corrected chi connectivity index (χ3v) is 6.65. The molecule has 36 heavy (non-hydrogen) atoms. The second kappa shape index (κ2) is 10.3. The van der Waals surface area contributed by atoms with Crippen molar-refractivity contribution in [2.45, 2.75) is 32.4 Å². The van der Waals surface area contributed by atoms with Crippen LogP contribution in [0.5, 0.6) is 17.2 Å². The number of carbonyl (C=O) groups is 2. The van der Waals surface area contributed by atoms with E-state index in [1.165, 1.54) is 0 Å². The van der Waals surface area contributed by atoms with Gasteiger partial charge in [0, 0.05) is 25.5 Å². The largest absolute Gasteiger partial charge is 0.494 e. The molecule has 9 heteroatoms. The number of aryl methyl sites for hydroxylation is 1. The van der Waals surface area contributed by atoms with Crippen LogP contribution in [0.1, 0.15) is 35.0 Å². The Kier molecular flexibility index (Phi) is 6.79. The molecule has 1 aromatic heterocycles. The van der Waals surface area contributed by atoms with Gasteiger partial charge >= 0.3 is 0 Å². The molecule has 0 aliphatic carbocycles. The summed E-state index contributed by atoms with van der Waals surface area (Å²) in [5.74, 6) is 2.36. The summed E-state index contributed by atoms with van der Waals surface area (Å²) >= 11 is 0. The smallest absolute Gasteiger partial charge is 0.257 e. The SMILES string of the molecule is COc1cc2c3cc1OCC(=O)NCCCOc1cccc(c1)C2N(C(=O)Cn1ccnc1C)CC3. The first-order chi connectivity index (χ1) is 17.5. The minimum Gasteiger partial charge on any atom is -0.494 e. The molecule has 1 N–H and O–H groups in total. The highest BCUT2D eigenvalue weighted by Gasteiger charge is 2.34. The van der Waals surface area contributed by atoms with Crippen molar-refractivity contribution in [1.29, 1.82) is 0 Å². The fourth-order valence-electron chi connectivity index (χ4n) is 4.79. The van der Waals surface area contributed by atoms with Crippen molar-refractivity contribution in [2.24, 2.45) is 0 Å². The number of methoxy groups -OCH3 is 1. The molecule has 9 nitrogen and oxygen atoms in total. The fraction of sp³-hybridized carbons (Fsp3) is 0.370. The van der Waals surface area contributed by atoms with E-state index in [4.69, 9.17) is 14.2 Å². The summed E-state index contributed by atoms with van der Waals surface area (Å²) in [5, 5.41) is 2.85. The molecule has 0 spiro atoms. The van der Waals surface area contributed by atoms with Gasteiger partial charge < -0.3 is 29.0 Å². The summed E-state index contributed by atoms with van der Waals surface area (Å²) in [6.45, 7) is 3.49. The number of nitrogens with zero attached hydrogens (tertiary/aromatic N) is 3. The molecule has 1 atom stereocenters. The van der Waals surface area contributed by atoms with Crippen LogP contribution in [-0.4, -0.2) is 59.7 Å². The number of fused-ring (bicyclic) bond motifs is 8. The Morgan fingerprint density at radius 1 is 1.25 bits per heavy atom. The molecule has 188 valence electrons. The van der Waals surface area contributed by atoms with Crippen molar-refractivity contribution in [1.82, 2.24) is 19.8 Å². The number of hydrogen-bond donors (Lipinski definition) is 1.